The van der Waals surface area contributed by atoms with Crippen LogP contribution in [0, 0.1) is 5.82 Å². The van der Waals surface area contributed by atoms with Gasteiger partial charge < -0.3 is 15.0 Å². The first-order valence-electron chi connectivity index (χ1n) is 9.99. The number of carbonyl (C=O) groups excluding carboxylic acids is 1. The van der Waals surface area contributed by atoms with E-state index in [0.717, 1.165) is 25.9 Å². The molecule has 2 aliphatic rings. The van der Waals surface area contributed by atoms with Crippen molar-refractivity contribution in [1.29, 1.82) is 0 Å². The predicted molar refractivity (Wildman–Crippen MR) is 112 cm³/mol. The first kappa shape index (κ1) is 20.8. The van der Waals surface area contributed by atoms with E-state index in [-0.39, 0.29) is 23.5 Å². The van der Waals surface area contributed by atoms with Crippen LogP contribution in [-0.2, 0) is 14.8 Å². The highest BCUT2D eigenvalue weighted by molar-refractivity contribution is 7.89. The average molecular weight is 434 g/mol. The number of sulfonamides is 1. The van der Waals surface area contributed by atoms with Crippen LogP contribution >= 0.6 is 0 Å². The molecule has 160 valence electrons. The van der Waals surface area contributed by atoms with E-state index in [4.69, 9.17) is 4.74 Å². The van der Waals surface area contributed by atoms with Gasteiger partial charge in [-0.15, -0.1) is 0 Å². The highest BCUT2D eigenvalue weighted by atomic mass is 32.2. The zero-order valence-electron chi connectivity index (χ0n) is 16.5. The van der Waals surface area contributed by atoms with Gasteiger partial charge in [-0.1, -0.05) is 0 Å². The number of nitrogens with one attached hydrogen (secondary N) is 1. The van der Waals surface area contributed by atoms with Gasteiger partial charge in [-0.3, -0.25) is 4.79 Å². The molecular weight excluding hydrogens is 409 g/mol. The van der Waals surface area contributed by atoms with Gasteiger partial charge in [0.15, 0.2) is 0 Å². The molecule has 0 aromatic heterocycles. The Kier molecular flexibility index (Phi) is 6.03. The number of carbonyl (C=O) groups is 1. The van der Waals surface area contributed by atoms with Gasteiger partial charge in [0.2, 0.25) is 10.0 Å². The summed E-state index contributed by atoms with van der Waals surface area (Å²) >= 11 is 0. The Morgan fingerprint density at radius 2 is 1.63 bits per heavy atom. The van der Waals surface area contributed by atoms with Crippen molar-refractivity contribution in [1.82, 2.24) is 4.31 Å². The molecule has 0 saturated carbocycles. The molecule has 9 heteroatoms. The van der Waals surface area contributed by atoms with Gasteiger partial charge in [-0.05, 0) is 55.3 Å². The van der Waals surface area contributed by atoms with Crippen LogP contribution in [0.5, 0.6) is 0 Å². The minimum absolute atomic E-state index is 0.0802. The lowest BCUT2D eigenvalue weighted by Crippen LogP contribution is -2.40. The molecule has 2 heterocycles. The van der Waals surface area contributed by atoms with Crippen LogP contribution in [0.2, 0.25) is 0 Å². The molecule has 0 atom stereocenters. The predicted octanol–water partition coefficient (Wildman–Crippen LogP) is 2.70. The number of hydrogen-bond donors (Lipinski definition) is 1. The van der Waals surface area contributed by atoms with Gasteiger partial charge in [-0.25, -0.2) is 12.8 Å². The Labute approximate surface area is 175 Å². The Morgan fingerprint density at radius 3 is 2.30 bits per heavy atom. The van der Waals surface area contributed by atoms with Gasteiger partial charge in [0.1, 0.15) is 5.82 Å². The zero-order chi connectivity index (χ0) is 21.1. The first-order chi connectivity index (χ1) is 14.4. The number of anilines is 2. The van der Waals surface area contributed by atoms with Gasteiger partial charge >= 0.3 is 0 Å². The van der Waals surface area contributed by atoms with Crippen molar-refractivity contribution in [3.63, 3.8) is 0 Å². The molecule has 4 rings (SSSR count). The summed E-state index contributed by atoms with van der Waals surface area (Å²) in [6.45, 7) is 2.89. The Balaban J connectivity index is 1.68. The molecule has 0 radical (unpaired) electrons. The van der Waals surface area contributed by atoms with Crippen molar-refractivity contribution in [2.24, 2.45) is 0 Å². The van der Waals surface area contributed by atoms with Gasteiger partial charge in [0.25, 0.3) is 5.91 Å². The summed E-state index contributed by atoms with van der Waals surface area (Å²) in [5, 5.41) is 2.75. The second-order valence-electron chi connectivity index (χ2n) is 7.35. The van der Waals surface area contributed by atoms with Crippen LogP contribution in [0.3, 0.4) is 0 Å². The molecule has 0 spiro atoms. The minimum Gasteiger partial charge on any atom is -0.379 e. The summed E-state index contributed by atoms with van der Waals surface area (Å²) in [7, 11) is -3.73. The summed E-state index contributed by atoms with van der Waals surface area (Å²) in [6.07, 6.45) is 2.04. The molecule has 2 aromatic rings. The van der Waals surface area contributed by atoms with Crippen molar-refractivity contribution < 1.29 is 22.3 Å². The molecule has 2 saturated heterocycles. The number of benzene rings is 2. The molecule has 0 unspecified atom stereocenters. The number of ether oxygens (including phenoxy) is 1. The fourth-order valence-corrected chi connectivity index (χ4v) is 5.19. The third-order valence-corrected chi connectivity index (χ3v) is 7.26. The van der Waals surface area contributed by atoms with E-state index in [9.17, 15) is 17.6 Å². The molecule has 2 aromatic carbocycles. The minimum atomic E-state index is -3.73. The van der Waals surface area contributed by atoms with Crippen molar-refractivity contribution in [2.75, 3.05) is 49.6 Å². The van der Waals surface area contributed by atoms with Crippen molar-refractivity contribution >= 4 is 27.3 Å². The van der Waals surface area contributed by atoms with E-state index in [0.29, 0.717) is 24.6 Å². The third-order valence-electron chi connectivity index (χ3n) is 5.37. The van der Waals surface area contributed by atoms with Crippen LogP contribution in [0.4, 0.5) is 15.8 Å². The molecule has 0 aliphatic carbocycles. The molecule has 7 nitrogen and oxygen atoms in total. The summed E-state index contributed by atoms with van der Waals surface area (Å²) in [4.78, 5) is 15.2. The monoisotopic (exact) mass is 433 g/mol. The highest BCUT2D eigenvalue weighted by Crippen LogP contribution is 2.29. The molecule has 2 fully saturated rings. The van der Waals surface area contributed by atoms with Crippen molar-refractivity contribution in [3.05, 3.63) is 53.8 Å². The second kappa shape index (κ2) is 8.71. The van der Waals surface area contributed by atoms with Crippen molar-refractivity contribution in [3.8, 4) is 0 Å². The zero-order valence-corrected chi connectivity index (χ0v) is 17.3. The summed E-state index contributed by atoms with van der Waals surface area (Å²) in [5.74, 6) is -0.827. The summed E-state index contributed by atoms with van der Waals surface area (Å²) < 4.78 is 46.0. The standard InChI is InChI=1S/C21H24FN3O4S/c22-16-3-5-17(6-4-16)23-21(26)19-15-18(7-8-20(19)24-9-1-2-10-24)30(27,28)25-11-13-29-14-12-25/h3-8,15H,1-2,9-14H2,(H,23,26). The lowest BCUT2D eigenvalue weighted by molar-refractivity contribution is 0.0730. The average Bonchev–Trinajstić information content (AvgIpc) is 3.30. The Bertz CT molecular complexity index is 1020. The van der Waals surface area contributed by atoms with E-state index < -0.39 is 21.7 Å². The van der Waals surface area contributed by atoms with E-state index in [2.05, 4.69) is 10.2 Å². The van der Waals surface area contributed by atoms with Gasteiger partial charge in [-0.2, -0.15) is 4.31 Å². The summed E-state index contributed by atoms with van der Waals surface area (Å²) in [5.41, 5.74) is 1.43. The van der Waals surface area contributed by atoms with E-state index >= 15 is 0 Å². The maximum absolute atomic E-state index is 13.2. The Hall–Kier alpha value is -2.49. The summed E-state index contributed by atoms with van der Waals surface area (Å²) in [6, 6.07) is 10.2. The number of morpholine rings is 1. The number of nitrogens with zero attached hydrogens (tertiary/aromatic N) is 2. The maximum atomic E-state index is 13.2. The molecular formula is C21H24FN3O4S. The van der Waals surface area contributed by atoms with Crippen LogP contribution < -0.4 is 10.2 Å². The van der Waals surface area contributed by atoms with Crippen LogP contribution in [0.15, 0.2) is 47.4 Å². The molecule has 1 N–H and O–H groups in total. The molecule has 0 bridgehead atoms. The fourth-order valence-electron chi connectivity index (χ4n) is 3.76. The topological polar surface area (TPSA) is 79.0 Å². The van der Waals surface area contributed by atoms with E-state index in [1.165, 1.54) is 34.6 Å². The lowest BCUT2D eigenvalue weighted by Gasteiger charge is -2.27. The smallest absolute Gasteiger partial charge is 0.257 e. The quantitative estimate of drug-likeness (QED) is 0.785. The van der Waals surface area contributed by atoms with Crippen LogP contribution in [0.25, 0.3) is 0 Å². The number of rotatable bonds is 5. The third kappa shape index (κ3) is 4.33. The maximum Gasteiger partial charge on any atom is 0.257 e. The molecule has 1 amide bonds. The largest absolute Gasteiger partial charge is 0.379 e. The number of halogens is 1. The molecule has 2 aliphatic heterocycles. The highest BCUT2D eigenvalue weighted by Gasteiger charge is 2.29. The van der Waals surface area contributed by atoms with Crippen molar-refractivity contribution in [2.45, 2.75) is 17.7 Å². The normalized spacial score (nSPS) is 17.8. The van der Waals surface area contributed by atoms with Crippen LogP contribution in [-0.4, -0.2) is 58.0 Å². The van der Waals surface area contributed by atoms with Gasteiger partial charge in [0, 0.05) is 37.6 Å². The lowest BCUT2D eigenvalue weighted by atomic mass is 10.1. The SMILES string of the molecule is O=C(Nc1ccc(F)cc1)c1cc(S(=O)(=O)N2CCOCC2)ccc1N1CCCC1. The van der Waals surface area contributed by atoms with Gasteiger partial charge in [0.05, 0.1) is 23.7 Å². The fraction of sp³-hybridized carbons (Fsp3) is 0.381. The van der Waals surface area contributed by atoms with Crippen LogP contribution in [0.1, 0.15) is 23.2 Å². The van der Waals surface area contributed by atoms with E-state index in [1.807, 2.05) is 0 Å². The van der Waals surface area contributed by atoms with E-state index in [1.54, 1.807) is 12.1 Å². The number of hydrogen-bond acceptors (Lipinski definition) is 5. The Morgan fingerprint density at radius 1 is 0.967 bits per heavy atom. The number of amides is 1. The second-order valence-corrected chi connectivity index (χ2v) is 9.29. The first-order valence-corrected chi connectivity index (χ1v) is 11.4. The molecule has 30 heavy (non-hydrogen) atoms.